The first-order chi connectivity index (χ1) is 11.3. The van der Waals surface area contributed by atoms with Gasteiger partial charge in [0.25, 0.3) is 0 Å². The molecule has 0 radical (unpaired) electrons. The molecule has 0 amide bonds. The van der Waals surface area contributed by atoms with Crippen LogP contribution in [0.3, 0.4) is 0 Å². The van der Waals surface area contributed by atoms with Crippen LogP contribution in [0.1, 0.15) is 39.5 Å². The zero-order chi connectivity index (χ0) is 16.3. The molecule has 1 fully saturated rings. The second-order valence-electron chi connectivity index (χ2n) is 6.53. The highest BCUT2D eigenvalue weighted by Crippen LogP contribution is 2.08. The Balaban J connectivity index is 1.58. The molecule has 0 atom stereocenters. The summed E-state index contributed by atoms with van der Waals surface area (Å²) in [5.74, 6) is 0.984. The minimum Gasteiger partial charge on any atom is -0.357 e. The van der Waals surface area contributed by atoms with E-state index < -0.39 is 0 Å². The Bertz CT molecular complexity index is 364. The van der Waals surface area contributed by atoms with E-state index in [9.17, 15) is 0 Å². The van der Waals surface area contributed by atoms with Crippen LogP contribution in [-0.2, 0) is 0 Å². The van der Waals surface area contributed by atoms with Crippen LogP contribution in [0.4, 0.5) is 0 Å². The van der Waals surface area contributed by atoms with Crippen LogP contribution >= 0.6 is 0 Å². The fourth-order valence-electron chi connectivity index (χ4n) is 3.22. The molecule has 5 heteroatoms. The van der Waals surface area contributed by atoms with Crippen LogP contribution in [-0.4, -0.2) is 74.2 Å². The average molecular weight is 322 g/mol. The topological polar surface area (TPSA) is 42.9 Å². The van der Waals surface area contributed by atoms with E-state index in [1.54, 1.807) is 0 Å². The van der Waals surface area contributed by atoms with Crippen LogP contribution in [0.25, 0.3) is 0 Å². The second kappa shape index (κ2) is 10.7. The van der Waals surface area contributed by atoms with E-state index in [0.29, 0.717) is 6.04 Å². The predicted octanol–water partition coefficient (Wildman–Crippen LogP) is 1.68. The van der Waals surface area contributed by atoms with Crippen molar-refractivity contribution in [2.45, 2.75) is 45.6 Å². The highest BCUT2D eigenvalue weighted by atomic mass is 15.3. The van der Waals surface area contributed by atoms with Crippen molar-refractivity contribution in [3.05, 3.63) is 12.2 Å². The zero-order valence-electron chi connectivity index (χ0n) is 15.1. The second-order valence-corrected chi connectivity index (χ2v) is 6.53. The minimum absolute atomic E-state index is 0.530. The molecular weight excluding hydrogens is 286 g/mol. The minimum atomic E-state index is 0.530. The van der Waals surface area contributed by atoms with Crippen molar-refractivity contribution in [1.82, 2.24) is 20.4 Å². The number of guanidine groups is 1. The SMILES string of the molecule is CCNC(=NCCCCN1CCN(CC)CC1)NC1CC=CC1. The Kier molecular flexibility index (Phi) is 8.47. The molecule has 0 aromatic carbocycles. The summed E-state index contributed by atoms with van der Waals surface area (Å²) < 4.78 is 0. The van der Waals surface area contributed by atoms with Crippen molar-refractivity contribution in [2.24, 2.45) is 4.99 Å². The first-order valence-electron chi connectivity index (χ1n) is 9.46. The smallest absolute Gasteiger partial charge is 0.191 e. The van der Waals surface area contributed by atoms with Gasteiger partial charge in [0.1, 0.15) is 0 Å². The third-order valence-corrected chi connectivity index (χ3v) is 4.76. The quantitative estimate of drug-likeness (QED) is 0.309. The molecule has 0 spiro atoms. The summed E-state index contributed by atoms with van der Waals surface area (Å²) in [5, 5.41) is 6.89. The van der Waals surface area contributed by atoms with Gasteiger partial charge in [-0.25, -0.2) is 0 Å². The molecule has 1 aliphatic carbocycles. The Morgan fingerprint density at radius 3 is 2.39 bits per heavy atom. The standard InChI is InChI=1S/C18H35N5/c1-3-19-18(21-17-9-5-6-10-17)20-11-7-8-12-23-15-13-22(4-2)14-16-23/h5-6,17H,3-4,7-16H2,1-2H3,(H2,19,20,21). The molecule has 0 saturated carbocycles. The van der Waals surface area contributed by atoms with Crippen LogP contribution < -0.4 is 10.6 Å². The maximum atomic E-state index is 4.72. The van der Waals surface area contributed by atoms with Gasteiger partial charge < -0.3 is 20.4 Å². The van der Waals surface area contributed by atoms with E-state index in [-0.39, 0.29) is 0 Å². The summed E-state index contributed by atoms with van der Waals surface area (Å²) in [6, 6.07) is 0.530. The molecule has 0 aromatic heterocycles. The maximum Gasteiger partial charge on any atom is 0.191 e. The lowest BCUT2D eigenvalue weighted by atomic mass is 10.2. The Morgan fingerprint density at radius 1 is 1.04 bits per heavy atom. The Hall–Kier alpha value is -1.07. The largest absolute Gasteiger partial charge is 0.357 e. The molecule has 0 aromatic rings. The average Bonchev–Trinajstić information content (AvgIpc) is 3.08. The highest BCUT2D eigenvalue weighted by Gasteiger charge is 2.14. The fraction of sp³-hybridized carbons (Fsp3) is 0.833. The van der Waals surface area contributed by atoms with Gasteiger partial charge in [0.15, 0.2) is 5.96 Å². The number of rotatable bonds is 8. The van der Waals surface area contributed by atoms with Crippen molar-refractivity contribution in [1.29, 1.82) is 0 Å². The van der Waals surface area contributed by atoms with Crippen LogP contribution in [0.15, 0.2) is 17.1 Å². The summed E-state index contributed by atoms with van der Waals surface area (Å²) in [4.78, 5) is 9.86. The molecule has 1 saturated heterocycles. The van der Waals surface area contributed by atoms with E-state index in [1.165, 1.54) is 52.1 Å². The van der Waals surface area contributed by atoms with Gasteiger partial charge in [-0.2, -0.15) is 0 Å². The number of hydrogen-bond acceptors (Lipinski definition) is 3. The van der Waals surface area contributed by atoms with Crippen LogP contribution in [0.2, 0.25) is 0 Å². The van der Waals surface area contributed by atoms with Gasteiger partial charge in [0.05, 0.1) is 0 Å². The molecule has 2 N–H and O–H groups in total. The fourth-order valence-corrected chi connectivity index (χ4v) is 3.22. The molecule has 23 heavy (non-hydrogen) atoms. The molecule has 2 aliphatic rings. The van der Waals surface area contributed by atoms with Crippen molar-refractivity contribution in [3.63, 3.8) is 0 Å². The van der Waals surface area contributed by atoms with E-state index in [4.69, 9.17) is 4.99 Å². The van der Waals surface area contributed by atoms with E-state index in [1.807, 2.05) is 0 Å². The first-order valence-corrected chi connectivity index (χ1v) is 9.46. The molecule has 132 valence electrons. The summed E-state index contributed by atoms with van der Waals surface area (Å²) in [6.45, 7) is 13.6. The molecule has 5 nitrogen and oxygen atoms in total. The predicted molar refractivity (Wildman–Crippen MR) is 99.1 cm³/mol. The summed E-state index contributed by atoms with van der Waals surface area (Å²) >= 11 is 0. The molecule has 0 unspecified atom stereocenters. The van der Waals surface area contributed by atoms with Crippen LogP contribution in [0, 0.1) is 0 Å². The van der Waals surface area contributed by atoms with Crippen LogP contribution in [0.5, 0.6) is 0 Å². The zero-order valence-corrected chi connectivity index (χ0v) is 15.1. The normalized spacial score (nSPS) is 21.0. The number of aliphatic imine (C=N–C) groups is 1. The lowest BCUT2D eigenvalue weighted by Gasteiger charge is -2.33. The number of nitrogens with one attached hydrogen (secondary N) is 2. The summed E-state index contributed by atoms with van der Waals surface area (Å²) in [5.41, 5.74) is 0. The number of piperazine rings is 1. The van der Waals surface area contributed by atoms with Gasteiger partial charge in [-0.15, -0.1) is 0 Å². The van der Waals surface area contributed by atoms with Crippen molar-refractivity contribution in [2.75, 3.05) is 52.4 Å². The van der Waals surface area contributed by atoms with Gasteiger partial charge >= 0.3 is 0 Å². The van der Waals surface area contributed by atoms with Crippen molar-refractivity contribution < 1.29 is 0 Å². The maximum absolute atomic E-state index is 4.72. The number of hydrogen-bond donors (Lipinski definition) is 2. The number of unbranched alkanes of at least 4 members (excludes halogenated alkanes) is 1. The number of nitrogens with zero attached hydrogens (tertiary/aromatic N) is 3. The summed E-state index contributed by atoms with van der Waals surface area (Å²) in [7, 11) is 0. The Morgan fingerprint density at radius 2 is 1.74 bits per heavy atom. The number of likely N-dealkylation sites (N-methyl/N-ethyl adjacent to an activating group) is 1. The van der Waals surface area contributed by atoms with E-state index >= 15 is 0 Å². The van der Waals surface area contributed by atoms with Crippen molar-refractivity contribution in [3.8, 4) is 0 Å². The Labute approximate surface area is 142 Å². The van der Waals surface area contributed by atoms with E-state index in [0.717, 1.165) is 31.9 Å². The third-order valence-electron chi connectivity index (χ3n) is 4.76. The monoisotopic (exact) mass is 321 g/mol. The highest BCUT2D eigenvalue weighted by molar-refractivity contribution is 5.80. The first kappa shape index (κ1) is 18.3. The van der Waals surface area contributed by atoms with E-state index in [2.05, 4.69) is 46.4 Å². The van der Waals surface area contributed by atoms with Gasteiger partial charge in [-0.3, -0.25) is 4.99 Å². The molecule has 0 bridgehead atoms. The molecule has 1 aliphatic heterocycles. The molecular formula is C18H35N5. The van der Waals surface area contributed by atoms with Gasteiger partial charge in [0.2, 0.25) is 0 Å². The van der Waals surface area contributed by atoms with Gasteiger partial charge in [-0.1, -0.05) is 19.1 Å². The van der Waals surface area contributed by atoms with Gasteiger partial charge in [0, 0.05) is 45.3 Å². The lowest BCUT2D eigenvalue weighted by molar-refractivity contribution is 0.136. The van der Waals surface area contributed by atoms with Crippen molar-refractivity contribution >= 4 is 5.96 Å². The molecule has 2 rings (SSSR count). The summed E-state index contributed by atoms with van der Waals surface area (Å²) in [6.07, 6.45) is 9.16. The third kappa shape index (κ3) is 6.92. The van der Waals surface area contributed by atoms with Gasteiger partial charge in [-0.05, 0) is 45.7 Å². The molecule has 1 heterocycles. The lowest BCUT2D eigenvalue weighted by Crippen LogP contribution is -2.46.